The highest BCUT2D eigenvalue weighted by Crippen LogP contribution is 2.41. The molecule has 0 amide bonds. The second-order valence-electron chi connectivity index (χ2n) is 6.45. The highest BCUT2D eigenvalue weighted by Gasteiger charge is 2.23. The van der Waals surface area contributed by atoms with Gasteiger partial charge in [-0.3, -0.25) is 0 Å². The molecule has 8 heteroatoms. The minimum Gasteiger partial charge on any atom is -0.396 e. The van der Waals surface area contributed by atoms with E-state index in [1.54, 1.807) is 31.4 Å². The van der Waals surface area contributed by atoms with Gasteiger partial charge in [0.05, 0.1) is 22.0 Å². The Labute approximate surface area is 161 Å². The number of nitrogen functional groups attached to an aromatic ring is 1. The van der Waals surface area contributed by atoms with E-state index >= 15 is 0 Å². The summed E-state index contributed by atoms with van der Waals surface area (Å²) in [6.07, 6.45) is 5.22. The van der Waals surface area contributed by atoms with Gasteiger partial charge in [0.1, 0.15) is 0 Å². The minimum absolute atomic E-state index is 0.115. The second-order valence-corrected chi connectivity index (χ2v) is 7.42. The maximum absolute atomic E-state index is 14.8. The monoisotopic (exact) mass is 384 g/mol. The molecule has 1 aliphatic heterocycles. The third-order valence-electron chi connectivity index (χ3n) is 4.64. The van der Waals surface area contributed by atoms with E-state index in [9.17, 15) is 4.39 Å². The van der Waals surface area contributed by atoms with Crippen LogP contribution >= 0.6 is 11.3 Å². The predicted molar refractivity (Wildman–Crippen MR) is 109 cm³/mol. The Bertz CT molecular complexity index is 951. The van der Waals surface area contributed by atoms with Crippen LogP contribution in [0.4, 0.5) is 21.2 Å². The molecule has 2 aromatic heterocycles. The zero-order valence-electron chi connectivity index (χ0n) is 15.1. The van der Waals surface area contributed by atoms with Crippen molar-refractivity contribution in [2.75, 3.05) is 36.1 Å². The Balaban J connectivity index is 1.87. The van der Waals surface area contributed by atoms with Crippen LogP contribution in [0.2, 0.25) is 0 Å². The molecule has 27 heavy (non-hydrogen) atoms. The van der Waals surface area contributed by atoms with Gasteiger partial charge < -0.3 is 16.0 Å². The van der Waals surface area contributed by atoms with Gasteiger partial charge in [-0.2, -0.15) is 0 Å². The summed E-state index contributed by atoms with van der Waals surface area (Å²) in [6, 6.07) is 6.84. The molecule has 0 bridgehead atoms. The van der Waals surface area contributed by atoms with Crippen molar-refractivity contribution in [1.82, 2.24) is 15.0 Å². The third kappa shape index (κ3) is 3.44. The molecule has 0 saturated carbocycles. The van der Waals surface area contributed by atoms with E-state index in [0.29, 0.717) is 22.9 Å². The lowest BCUT2D eigenvalue weighted by atomic mass is 10.1. The number of aromatic nitrogens is 3. The summed E-state index contributed by atoms with van der Waals surface area (Å²) in [5.74, 6) is 0.0663. The molecule has 140 valence electrons. The van der Waals surface area contributed by atoms with Crippen molar-refractivity contribution in [1.29, 1.82) is 0 Å². The SMILES string of the molecule is CNc1nccc(-c2sc(N3CCCCC3)nc2-c2cccc(N)c2F)n1. The molecule has 6 nitrogen and oxygen atoms in total. The minimum atomic E-state index is -0.447. The van der Waals surface area contributed by atoms with E-state index in [1.807, 2.05) is 6.07 Å². The van der Waals surface area contributed by atoms with Crippen molar-refractivity contribution in [3.8, 4) is 21.8 Å². The number of nitrogens with zero attached hydrogens (tertiary/aromatic N) is 4. The lowest BCUT2D eigenvalue weighted by Crippen LogP contribution is -2.29. The first-order chi connectivity index (χ1) is 13.2. The number of nitrogens with two attached hydrogens (primary N) is 1. The van der Waals surface area contributed by atoms with Crippen molar-refractivity contribution in [2.45, 2.75) is 19.3 Å². The Morgan fingerprint density at radius 1 is 1.15 bits per heavy atom. The van der Waals surface area contributed by atoms with Gasteiger partial charge in [-0.15, -0.1) is 0 Å². The molecule has 1 aliphatic rings. The van der Waals surface area contributed by atoms with E-state index in [4.69, 9.17) is 10.7 Å². The standard InChI is InChI=1S/C19H21FN6S/c1-22-18-23-9-8-14(24-18)17-16(12-6-5-7-13(21)15(12)20)25-19(27-17)26-10-3-2-4-11-26/h5-9H,2-4,10-11,21H2,1H3,(H,22,23,24). The van der Waals surface area contributed by atoms with Crippen LogP contribution < -0.4 is 16.0 Å². The molecule has 0 atom stereocenters. The quantitative estimate of drug-likeness (QED) is 0.662. The molecule has 3 aromatic rings. The number of nitrogens with one attached hydrogen (secondary N) is 1. The van der Waals surface area contributed by atoms with Crippen LogP contribution in [0.3, 0.4) is 0 Å². The topological polar surface area (TPSA) is 80.0 Å². The summed E-state index contributed by atoms with van der Waals surface area (Å²) in [4.78, 5) is 16.6. The second kappa shape index (κ2) is 7.48. The number of thiazole rings is 1. The fourth-order valence-electron chi connectivity index (χ4n) is 3.22. The summed E-state index contributed by atoms with van der Waals surface area (Å²) in [7, 11) is 1.77. The number of hydrogen-bond acceptors (Lipinski definition) is 7. The number of hydrogen-bond donors (Lipinski definition) is 2. The van der Waals surface area contributed by atoms with E-state index in [1.165, 1.54) is 17.8 Å². The predicted octanol–water partition coefficient (Wildman–Crippen LogP) is 4.02. The number of anilines is 3. The molecule has 4 rings (SSSR count). The summed E-state index contributed by atoms with van der Waals surface area (Å²) in [6.45, 7) is 1.94. The van der Waals surface area contributed by atoms with Gasteiger partial charge >= 0.3 is 0 Å². The lowest BCUT2D eigenvalue weighted by Gasteiger charge is -2.25. The summed E-state index contributed by atoms with van der Waals surface area (Å²) < 4.78 is 14.8. The molecule has 3 N–H and O–H groups in total. The highest BCUT2D eigenvalue weighted by atomic mass is 32.1. The number of benzene rings is 1. The average molecular weight is 384 g/mol. The average Bonchev–Trinajstić information content (AvgIpc) is 3.16. The van der Waals surface area contributed by atoms with Gasteiger partial charge in [0.25, 0.3) is 0 Å². The van der Waals surface area contributed by atoms with Crippen LogP contribution in [0.5, 0.6) is 0 Å². The Morgan fingerprint density at radius 2 is 1.96 bits per heavy atom. The van der Waals surface area contributed by atoms with Crippen molar-refractivity contribution in [3.63, 3.8) is 0 Å². The summed E-state index contributed by atoms with van der Waals surface area (Å²) >= 11 is 1.54. The fourth-order valence-corrected chi connectivity index (χ4v) is 4.33. The highest BCUT2D eigenvalue weighted by molar-refractivity contribution is 7.19. The van der Waals surface area contributed by atoms with Crippen molar-refractivity contribution in [3.05, 3.63) is 36.3 Å². The first-order valence-electron chi connectivity index (χ1n) is 8.98. The summed E-state index contributed by atoms with van der Waals surface area (Å²) in [5.41, 5.74) is 7.60. The van der Waals surface area contributed by atoms with Crippen LogP contribution in [0, 0.1) is 5.82 Å². The number of rotatable bonds is 4. The molecule has 0 aliphatic carbocycles. The Morgan fingerprint density at radius 3 is 2.74 bits per heavy atom. The summed E-state index contributed by atoms with van der Waals surface area (Å²) in [5, 5.41) is 3.84. The van der Waals surface area contributed by atoms with Crippen LogP contribution in [0.25, 0.3) is 21.8 Å². The van der Waals surface area contributed by atoms with Gasteiger partial charge in [0.15, 0.2) is 10.9 Å². The van der Waals surface area contributed by atoms with E-state index in [-0.39, 0.29) is 5.69 Å². The smallest absolute Gasteiger partial charge is 0.222 e. The van der Waals surface area contributed by atoms with Crippen molar-refractivity contribution in [2.24, 2.45) is 0 Å². The van der Waals surface area contributed by atoms with Gasteiger partial charge in [-0.25, -0.2) is 19.3 Å². The van der Waals surface area contributed by atoms with Crippen LogP contribution in [0.1, 0.15) is 19.3 Å². The third-order valence-corrected chi connectivity index (χ3v) is 5.78. The van der Waals surface area contributed by atoms with E-state index in [0.717, 1.165) is 35.9 Å². The van der Waals surface area contributed by atoms with Crippen LogP contribution in [0.15, 0.2) is 30.5 Å². The van der Waals surface area contributed by atoms with E-state index in [2.05, 4.69) is 20.2 Å². The molecular weight excluding hydrogens is 363 g/mol. The maximum atomic E-state index is 14.8. The molecule has 1 fully saturated rings. The first kappa shape index (κ1) is 17.7. The zero-order chi connectivity index (χ0) is 18.8. The fraction of sp³-hybridized carbons (Fsp3) is 0.316. The Kier molecular flexibility index (Phi) is 4.89. The molecular formula is C19H21FN6S. The molecule has 1 aromatic carbocycles. The van der Waals surface area contributed by atoms with Gasteiger partial charge in [-0.1, -0.05) is 17.4 Å². The van der Waals surface area contributed by atoms with Gasteiger partial charge in [0, 0.05) is 31.9 Å². The van der Waals surface area contributed by atoms with Crippen LogP contribution in [-0.4, -0.2) is 35.1 Å². The normalized spacial score (nSPS) is 14.4. The maximum Gasteiger partial charge on any atom is 0.222 e. The van der Waals surface area contributed by atoms with E-state index < -0.39 is 5.82 Å². The van der Waals surface area contributed by atoms with Crippen molar-refractivity contribution < 1.29 is 4.39 Å². The molecule has 3 heterocycles. The lowest BCUT2D eigenvalue weighted by molar-refractivity contribution is 0.577. The Hall–Kier alpha value is -2.74. The molecule has 0 spiro atoms. The van der Waals surface area contributed by atoms with Gasteiger partial charge in [0.2, 0.25) is 5.95 Å². The van der Waals surface area contributed by atoms with Crippen molar-refractivity contribution >= 4 is 28.1 Å². The number of halogens is 1. The largest absolute Gasteiger partial charge is 0.396 e. The number of piperidine rings is 1. The zero-order valence-corrected chi connectivity index (χ0v) is 15.9. The molecule has 1 saturated heterocycles. The molecule has 0 radical (unpaired) electrons. The first-order valence-corrected chi connectivity index (χ1v) is 9.80. The van der Waals surface area contributed by atoms with Crippen LogP contribution in [-0.2, 0) is 0 Å². The molecule has 0 unspecified atom stereocenters. The van der Waals surface area contributed by atoms with Gasteiger partial charge in [-0.05, 0) is 37.5 Å².